The van der Waals surface area contributed by atoms with Gasteiger partial charge in [0.05, 0.1) is 6.61 Å². The Morgan fingerprint density at radius 3 is 2.21 bits per heavy atom. The fourth-order valence-corrected chi connectivity index (χ4v) is 6.61. The average Bonchev–Trinajstić information content (AvgIpc) is 2.89. The molecule has 3 aromatic rings. The monoisotopic (exact) mass is 458 g/mol. The van der Waals surface area contributed by atoms with Gasteiger partial charge in [-0.25, -0.2) is 0 Å². The van der Waals surface area contributed by atoms with Gasteiger partial charge in [0.25, 0.3) is 0 Å². The summed E-state index contributed by atoms with van der Waals surface area (Å²) in [6, 6.07) is 25.4. The molecule has 3 aromatic carbocycles. The molecule has 0 amide bonds. The minimum absolute atomic E-state index is 0.202. The first kappa shape index (κ1) is 22.2. The predicted octanol–water partition coefficient (Wildman–Crippen LogP) is 7.14. The van der Waals surface area contributed by atoms with Gasteiger partial charge < -0.3 is 13.9 Å². The molecule has 0 bridgehead atoms. The first-order chi connectivity index (χ1) is 16.4. The van der Waals surface area contributed by atoms with Gasteiger partial charge in [0.1, 0.15) is 11.5 Å². The summed E-state index contributed by atoms with van der Waals surface area (Å²) in [7, 11) is -0.622. The minimum Gasteiger partial charge on any atom is -0.549 e. The summed E-state index contributed by atoms with van der Waals surface area (Å²) in [6.45, 7) is 0.764. The van der Waals surface area contributed by atoms with Gasteiger partial charge in [-0.2, -0.15) is 0 Å². The Kier molecular flexibility index (Phi) is 7.44. The smallest absolute Gasteiger partial charge is 0.222 e. The van der Waals surface area contributed by atoms with Crippen LogP contribution < -0.4 is 9.16 Å². The summed E-state index contributed by atoms with van der Waals surface area (Å²) in [5.41, 5.74) is 5.25. The molecule has 1 saturated carbocycles. The molecule has 1 aliphatic heterocycles. The van der Waals surface area contributed by atoms with Crippen LogP contribution >= 0.6 is 0 Å². The maximum absolute atomic E-state index is 6.61. The molecule has 0 N–H and O–H groups in total. The predicted molar refractivity (Wildman–Crippen MR) is 138 cm³/mol. The minimum atomic E-state index is -0.622. The molecule has 1 unspecified atom stereocenters. The van der Waals surface area contributed by atoms with Crippen molar-refractivity contribution >= 4 is 9.76 Å². The SMILES string of the molecule is c1ccc(-c2cccc(-c3ccccc3O[SiH2]C3CCCCC3)c2OC2CCCCO2)cc1. The Balaban J connectivity index is 1.51. The highest BCUT2D eigenvalue weighted by Gasteiger charge is 2.22. The lowest BCUT2D eigenvalue weighted by Gasteiger charge is -2.27. The fourth-order valence-electron chi connectivity index (χ4n) is 5.03. The molecule has 1 atom stereocenters. The molecular weight excluding hydrogens is 424 g/mol. The molecular formula is C29H34O3Si. The van der Waals surface area contributed by atoms with Crippen LogP contribution in [0, 0.1) is 0 Å². The van der Waals surface area contributed by atoms with Gasteiger partial charge >= 0.3 is 0 Å². The van der Waals surface area contributed by atoms with Crippen LogP contribution in [0.2, 0.25) is 5.54 Å². The molecule has 4 heteroatoms. The van der Waals surface area contributed by atoms with Gasteiger partial charge in [-0.05, 0) is 30.0 Å². The van der Waals surface area contributed by atoms with E-state index in [1.807, 2.05) is 0 Å². The average molecular weight is 459 g/mol. The molecule has 172 valence electrons. The first-order valence-electron chi connectivity index (χ1n) is 12.6. The van der Waals surface area contributed by atoms with Crippen LogP contribution in [0.15, 0.2) is 72.8 Å². The molecule has 1 heterocycles. The second-order valence-electron chi connectivity index (χ2n) is 9.27. The van der Waals surface area contributed by atoms with Crippen molar-refractivity contribution in [3.63, 3.8) is 0 Å². The van der Waals surface area contributed by atoms with E-state index in [0.29, 0.717) is 0 Å². The zero-order valence-electron chi connectivity index (χ0n) is 19.4. The van der Waals surface area contributed by atoms with E-state index >= 15 is 0 Å². The van der Waals surface area contributed by atoms with E-state index in [-0.39, 0.29) is 6.29 Å². The maximum atomic E-state index is 6.61. The Morgan fingerprint density at radius 2 is 1.39 bits per heavy atom. The van der Waals surface area contributed by atoms with Gasteiger partial charge in [0.2, 0.25) is 9.76 Å². The van der Waals surface area contributed by atoms with E-state index in [1.165, 1.54) is 32.1 Å². The lowest BCUT2D eigenvalue weighted by molar-refractivity contribution is -0.105. The third-order valence-corrected chi connectivity index (χ3v) is 8.63. The Bertz CT molecular complexity index is 1020. The zero-order valence-corrected chi connectivity index (χ0v) is 20.8. The molecule has 0 aromatic heterocycles. The molecule has 2 aliphatic rings. The van der Waals surface area contributed by atoms with Crippen molar-refractivity contribution in [3.05, 3.63) is 72.8 Å². The van der Waals surface area contributed by atoms with Crippen LogP contribution in [0.5, 0.6) is 11.5 Å². The Hall–Kier alpha value is -2.56. The quantitative estimate of drug-likeness (QED) is 0.352. The van der Waals surface area contributed by atoms with E-state index in [1.54, 1.807) is 0 Å². The highest BCUT2D eigenvalue weighted by molar-refractivity contribution is 6.30. The second kappa shape index (κ2) is 11.0. The van der Waals surface area contributed by atoms with Crippen LogP contribution in [-0.4, -0.2) is 22.7 Å². The van der Waals surface area contributed by atoms with Gasteiger partial charge in [0, 0.05) is 23.1 Å². The number of hydrogen-bond donors (Lipinski definition) is 0. The molecule has 0 spiro atoms. The third-order valence-electron chi connectivity index (χ3n) is 6.86. The Morgan fingerprint density at radius 1 is 0.667 bits per heavy atom. The van der Waals surface area contributed by atoms with Gasteiger partial charge in [-0.15, -0.1) is 0 Å². The summed E-state index contributed by atoms with van der Waals surface area (Å²) < 4.78 is 19.2. The molecule has 1 saturated heterocycles. The normalized spacial score (nSPS) is 19.6. The van der Waals surface area contributed by atoms with Crippen molar-refractivity contribution < 1.29 is 13.9 Å². The highest BCUT2D eigenvalue weighted by atomic mass is 28.2. The highest BCUT2D eigenvalue weighted by Crippen LogP contribution is 2.43. The largest absolute Gasteiger partial charge is 0.549 e. The van der Waals surface area contributed by atoms with Crippen LogP contribution in [0.4, 0.5) is 0 Å². The standard InChI is InChI=1S/C29H34O3Si/c1-3-12-22(13-4-1)24-17-11-18-26(29(24)31-28-20-9-10-21-30-28)25-16-7-8-19-27(25)32-33-23-14-5-2-6-15-23/h1,3-4,7-8,11-13,16-19,23,28H,2,5-6,9-10,14-15,20-21,33H2. The summed E-state index contributed by atoms with van der Waals surface area (Å²) >= 11 is 0. The van der Waals surface area contributed by atoms with Crippen molar-refractivity contribution in [1.29, 1.82) is 0 Å². The van der Waals surface area contributed by atoms with Crippen molar-refractivity contribution in [1.82, 2.24) is 0 Å². The van der Waals surface area contributed by atoms with E-state index in [2.05, 4.69) is 72.8 Å². The van der Waals surface area contributed by atoms with Crippen LogP contribution in [0.3, 0.4) is 0 Å². The molecule has 1 aliphatic carbocycles. The van der Waals surface area contributed by atoms with E-state index in [9.17, 15) is 0 Å². The van der Waals surface area contributed by atoms with Crippen molar-refractivity contribution in [3.8, 4) is 33.8 Å². The molecule has 33 heavy (non-hydrogen) atoms. The lowest BCUT2D eigenvalue weighted by atomic mass is 9.96. The maximum Gasteiger partial charge on any atom is 0.222 e. The third kappa shape index (κ3) is 5.51. The fraction of sp³-hybridized carbons (Fsp3) is 0.379. The van der Waals surface area contributed by atoms with Crippen molar-refractivity contribution in [2.45, 2.75) is 63.2 Å². The van der Waals surface area contributed by atoms with Crippen molar-refractivity contribution in [2.24, 2.45) is 0 Å². The van der Waals surface area contributed by atoms with E-state index in [0.717, 1.165) is 65.2 Å². The second-order valence-corrected chi connectivity index (χ2v) is 11.1. The molecule has 2 fully saturated rings. The topological polar surface area (TPSA) is 27.7 Å². The number of para-hydroxylation sites is 2. The van der Waals surface area contributed by atoms with Gasteiger partial charge in [-0.3, -0.25) is 0 Å². The summed E-state index contributed by atoms with van der Waals surface area (Å²) in [5, 5.41) is 0. The van der Waals surface area contributed by atoms with Crippen LogP contribution in [0.25, 0.3) is 22.3 Å². The lowest BCUT2D eigenvalue weighted by Crippen LogP contribution is -2.25. The summed E-state index contributed by atoms with van der Waals surface area (Å²) in [5.74, 6) is 1.89. The van der Waals surface area contributed by atoms with Gasteiger partial charge in [-0.1, -0.05) is 98.8 Å². The van der Waals surface area contributed by atoms with Gasteiger partial charge in [0.15, 0.2) is 6.29 Å². The molecule has 5 rings (SSSR count). The summed E-state index contributed by atoms with van der Waals surface area (Å²) in [6.07, 6.45) is 9.76. The van der Waals surface area contributed by atoms with Crippen molar-refractivity contribution in [2.75, 3.05) is 6.61 Å². The zero-order chi connectivity index (χ0) is 22.3. The van der Waals surface area contributed by atoms with E-state index < -0.39 is 9.76 Å². The van der Waals surface area contributed by atoms with Crippen LogP contribution in [-0.2, 0) is 4.74 Å². The summed E-state index contributed by atoms with van der Waals surface area (Å²) in [4.78, 5) is 0. The molecule has 3 nitrogen and oxygen atoms in total. The number of benzene rings is 3. The molecule has 0 radical (unpaired) electrons. The number of ether oxygens (including phenoxy) is 2. The van der Waals surface area contributed by atoms with Crippen LogP contribution in [0.1, 0.15) is 51.4 Å². The number of hydrogen-bond acceptors (Lipinski definition) is 3. The number of rotatable bonds is 7. The first-order valence-corrected chi connectivity index (χ1v) is 14.0. The Labute approximate surface area is 200 Å². The van der Waals surface area contributed by atoms with E-state index in [4.69, 9.17) is 13.9 Å².